The Morgan fingerprint density at radius 1 is 1.07 bits per heavy atom. The summed E-state index contributed by atoms with van der Waals surface area (Å²) < 4.78 is 26.0. The number of Topliss-reactive ketones (excluding diaryl/α,β-unsaturated/α-hetero) is 1. The van der Waals surface area contributed by atoms with Crippen molar-refractivity contribution in [2.75, 3.05) is 34.2 Å². The molecule has 28 heavy (non-hydrogen) atoms. The number of furan rings is 1. The Morgan fingerprint density at radius 3 is 2.18 bits per heavy atom. The van der Waals surface area contributed by atoms with E-state index >= 15 is 0 Å². The molecule has 0 spiro atoms. The molecule has 9 heteroatoms. The molecule has 0 atom stereocenters. The number of fused-ring (bicyclic) bond motifs is 1. The summed E-state index contributed by atoms with van der Waals surface area (Å²) in [7, 11) is 5.59. The van der Waals surface area contributed by atoms with Gasteiger partial charge in [-0.2, -0.15) is 0 Å². The number of carbonyl (C=O) groups excluding carboxylic acids is 2. The molecule has 1 aromatic carbocycles. The number of aliphatic hydroxyl groups is 1. The van der Waals surface area contributed by atoms with Gasteiger partial charge in [-0.05, 0) is 12.1 Å². The second-order valence-corrected chi connectivity index (χ2v) is 5.86. The zero-order chi connectivity index (χ0) is 20.6. The zero-order valence-electron chi connectivity index (χ0n) is 15.7. The SMILES string of the molecule is COC1=C(O)c2oc(N)c(C(=O)c3cc(OC)c(OC)c(OC)c3)c2C(=O)C1. The summed E-state index contributed by atoms with van der Waals surface area (Å²) in [5.74, 6) is -1.03. The van der Waals surface area contributed by atoms with E-state index in [0.717, 1.165) is 0 Å². The highest BCUT2D eigenvalue weighted by Crippen LogP contribution is 2.41. The highest BCUT2D eigenvalue weighted by atomic mass is 16.5. The van der Waals surface area contributed by atoms with E-state index in [-0.39, 0.29) is 57.8 Å². The number of aliphatic hydroxyl groups excluding tert-OH is 1. The van der Waals surface area contributed by atoms with Crippen LogP contribution in [0.5, 0.6) is 17.2 Å². The smallest absolute Gasteiger partial charge is 0.203 e. The van der Waals surface area contributed by atoms with Crippen LogP contribution in [0.2, 0.25) is 0 Å². The molecule has 0 aliphatic heterocycles. The van der Waals surface area contributed by atoms with Gasteiger partial charge in [-0.3, -0.25) is 9.59 Å². The van der Waals surface area contributed by atoms with Crippen molar-refractivity contribution in [2.45, 2.75) is 6.42 Å². The lowest BCUT2D eigenvalue weighted by Crippen LogP contribution is -2.16. The Labute approximate surface area is 160 Å². The zero-order valence-corrected chi connectivity index (χ0v) is 15.7. The van der Waals surface area contributed by atoms with Gasteiger partial charge in [0.1, 0.15) is 5.76 Å². The van der Waals surface area contributed by atoms with E-state index in [1.807, 2.05) is 0 Å². The lowest BCUT2D eigenvalue weighted by atomic mass is 9.92. The molecule has 0 saturated carbocycles. The number of benzene rings is 1. The van der Waals surface area contributed by atoms with E-state index in [2.05, 4.69) is 0 Å². The lowest BCUT2D eigenvalue weighted by Gasteiger charge is -2.15. The van der Waals surface area contributed by atoms with Gasteiger partial charge >= 0.3 is 0 Å². The van der Waals surface area contributed by atoms with Gasteiger partial charge in [0, 0.05) is 5.56 Å². The molecule has 148 valence electrons. The minimum absolute atomic E-state index is 0.0398. The van der Waals surface area contributed by atoms with Crippen molar-refractivity contribution < 1.29 is 38.1 Å². The monoisotopic (exact) mass is 389 g/mol. The molecule has 3 N–H and O–H groups in total. The van der Waals surface area contributed by atoms with Gasteiger partial charge in [0.2, 0.25) is 11.6 Å². The highest BCUT2D eigenvalue weighted by molar-refractivity contribution is 6.20. The van der Waals surface area contributed by atoms with Crippen molar-refractivity contribution in [3.63, 3.8) is 0 Å². The molecule has 0 amide bonds. The van der Waals surface area contributed by atoms with Crippen molar-refractivity contribution in [2.24, 2.45) is 0 Å². The molecule has 1 aromatic heterocycles. The summed E-state index contributed by atoms with van der Waals surface area (Å²) in [4.78, 5) is 25.7. The normalized spacial score (nSPS) is 13.2. The maximum Gasteiger partial charge on any atom is 0.203 e. The van der Waals surface area contributed by atoms with E-state index in [1.54, 1.807) is 0 Å². The predicted molar refractivity (Wildman–Crippen MR) is 98.2 cm³/mol. The number of hydrogen-bond acceptors (Lipinski definition) is 9. The summed E-state index contributed by atoms with van der Waals surface area (Å²) in [6.07, 6.45) is -0.218. The summed E-state index contributed by atoms with van der Waals surface area (Å²) in [5.41, 5.74) is 5.77. The number of ketones is 2. The van der Waals surface area contributed by atoms with Crippen molar-refractivity contribution in [1.82, 2.24) is 0 Å². The first-order valence-electron chi connectivity index (χ1n) is 8.14. The fourth-order valence-electron chi connectivity index (χ4n) is 3.08. The molecule has 2 aromatic rings. The van der Waals surface area contributed by atoms with Crippen LogP contribution in [-0.2, 0) is 4.74 Å². The number of methoxy groups -OCH3 is 4. The van der Waals surface area contributed by atoms with E-state index < -0.39 is 11.6 Å². The van der Waals surface area contributed by atoms with Crippen LogP contribution in [-0.4, -0.2) is 45.1 Å². The standard InChI is InChI=1S/C19H19NO8/c1-24-10-7-9(21)13-14(19(20)28-18(13)16(10)23)15(22)8-5-11(25-2)17(27-4)12(6-8)26-3/h5-6,23H,7,20H2,1-4H3. The average Bonchev–Trinajstić information content (AvgIpc) is 3.06. The third-order valence-electron chi connectivity index (χ3n) is 4.42. The van der Waals surface area contributed by atoms with E-state index in [4.69, 9.17) is 29.1 Å². The second kappa shape index (κ2) is 7.18. The Morgan fingerprint density at radius 2 is 1.68 bits per heavy atom. The largest absolute Gasteiger partial charge is 0.502 e. The molecule has 0 bridgehead atoms. The van der Waals surface area contributed by atoms with Gasteiger partial charge in [0.05, 0.1) is 46.0 Å². The Hall–Kier alpha value is -3.62. The topological polar surface area (TPSA) is 130 Å². The molecule has 0 fully saturated rings. The number of anilines is 1. The Bertz CT molecular complexity index is 977. The third kappa shape index (κ3) is 2.81. The van der Waals surface area contributed by atoms with Crippen molar-refractivity contribution >= 4 is 23.2 Å². The fourth-order valence-corrected chi connectivity index (χ4v) is 3.08. The van der Waals surface area contributed by atoms with Gasteiger partial charge in [-0.1, -0.05) is 0 Å². The minimum atomic E-state index is -0.594. The van der Waals surface area contributed by atoms with Crippen LogP contribution < -0.4 is 19.9 Å². The summed E-state index contributed by atoms with van der Waals surface area (Å²) in [5, 5.41) is 10.2. The number of rotatable bonds is 6. The van der Waals surface area contributed by atoms with Gasteiger partial charge in [0.15, 0.2) is 34.6 Å². The van der Waals surface area contributed by atoms with Crippen LogP contribution in [0.3, 0.4) is 0 Å². The van der Waals surface area contributed by atoms with Crippen LogP contribution in [0.4, 0.5) is 5.88 Å². The Balaban J connectivity index is 2.18. The molecule has 0 unspecified atom stereocenters. The van der Waals surface area contributed by atoms with E-state index in [0.29, 0.717) is 5.75 Å². The minimum Gasteiger partial charge on any atom is -0.502 e. The lowest BCUT2D eigenvalue weighted by molar-refractivity contribution is 0.0951. The van der Waals surface area contributed by atoms with Crippen LogP contribution in [0.15, 0.2) is 22.3 Å². The maximum absolute atomic E-state index is 13.2. The average molecular weight is 389 g/mol. The molecule has 1 aliphatic rings. The summed E-state index contributed by atoms with van der Waals surface area (Å²) in [6.45, 7) is 0. The molecule has 0 saturated heterocycles. The van der Waals surface area contributed by atoms with Gasteiger partial charge in [0.25, 0.3) is 0 Å². The first kappa shape index (κ1) is 19.2. The van der Waals surface area contributed by atoms with Gasteiger partial charge in [-0.15, -0.1) is 0 Å². The number of nitrogen functional groups attached to an aromatic ring is 1. The quantitative estimate of drug-likeness (QED) is 0.716. The molecule has 9 nitrogen and oxygen atoms in total. The van der Waals surface area contributed by atoms with E-state index in [9.17, 15) is 14.7 Å². The Kier molecular flexibility index (Phi) is 4.91. The van der Waals surface area contributed by atoms with Crippen molar-refractivity contribution in [3.8, 4) is 17.2 Å². The van der Waals surface area contributed by atoms with Gasteiger partial charge in [-0.25, -0.2) is 0 Å². The number of nitrogens with two attached hydrogens (primary N) is 1. The number of ether oxygens (including phenoxy) is 4. The number of allylic oxidation sites excluding steroid dienone is 1. The van der Waals surface area contributed by atoms with Crippen LogP contribution >= 0.6 is 0 Å². The molecule has 1 heterocycles. The molecular formula is C19H19NO8. The van der Waals surface area contributed by atoms with Crippen LogP contribution in [0.1, 0.15) is 38.5 Å². The number of carbonyl (C=O) groups is 2. The molecular weight excluding hydrogens is 370 g/mol. The third-order valence-corrected chi connectivity index (χ3v) is 4.42. The fraction of sp³-hybridized carbons (Fsp3) is 0.263. The van der Waals surface area contributed by atoms with E-state index in [1.165, 1.54) is 40.6 Å². The first-order chi connectivity index (χ1) is 13.4. The van der Waals surface area contributed by atoms with Gasteiger partial charge < -0.3 is 34.2 Å². The second-order valence-electron chi connectivity index (χ2n) is 5.86. The van der Waals surface area contributed by atoms with Crippen molar-refractivity contribution in [1.29, 1.82) is 0 Å². The molecule has 3 rings (SSSR count). The number of hydrogen-bond donors (Lipinski definition) is 2. The summed E-state index contributed by atoms with van der Waals surface area (Å²) >= 11 is 0. The maximum atomic E-state index is 13.2. The first-order valence-corrected chi connectivity index (χ1v) is 8.14. The highest BCUT2D eigenvalue weighted by Gasteiger charge is 2.37. The molecule has 1 aliphatic carbocycles. The van der Waals surface area contributed by atoms with Crippen LogP contribution in [0.25, 0.3) is 5.76 Å². The van der Waals surface area contributed by atoms with Crippen molar-refractivity contribution in [3.05, 3.63) is 40.3 Å². The molecule has 0 radical (unpaired) electrons. The van der Waals surface area contributed by atoms with Crippen LogP contribution in [0, 0.1) is 0 Å². The summed E-state index contributed by atoms with van der Waals surface area (Å²) in [6, 6.07) is 2.87. The predicted octanol–water partition coefficient (Wildman–Crippen LogP) is 2.58.